The number of esters is 2. The van der Waals surface area contributed by atoms with Gasteiger partial charge in [0.25, 0.3) is 0 Å². The number of benzene rings is 1. The molecule has 0 saturated heterocycles. The van der Waals surface area contributed by atoms with Crippen molar-refractivity contribution in [2.24, 2.45) is 7.05 Å². The highest BCUT2D eigenvalue weighted by atomic mass is 35.5. The molecule has 0 fully saturated rings. The standard InChI is InChI=1S/C13H11ClN2O4/c1-16-10(13(18)19-2)7-11(15-16)20-12(17)8-3-5-9(14)6-4-8/h3-7H,1-2H3. The van der Waals surface area contributed by atoms with E-state index in [9.17, 15) is 9.59 Å². The zero-order valence-electron chi connectivity index (χ0n) is 10.8. The van der Waals surface area contributed by atoms with Gasteiger partial charge in [-0.25, -0.2) is 9.59 Å². The molecule has 0 unspecified atom stereocenters. The van der Waals surface area contributed by atoms with Crippen LogP contribution in [0.5, 0.6) is 5.88 Å². The first kappa shape index (κ1) is 14.1. The molecule has 0 aliphatic heterocycles. The summed E-state index contributed by atoms with van der Waals surface area (Å²) in [6, 6.07) is 7.57. The van der Waals surface area contributed by atoms with E-state index in [1.807, 2.05) is 0 Å². The van der Waals surface area contributed by atoms with Crippen molar-refractivity contribution in [3.63, 3.8) is 0 Å². The zero-order chi connectivity index (χ0) is 14.7. The molecule has 0 radical (unpaired) electrons. The number of aryl methyl sites for hydroxylation is 1. The lowest BCUT2D eigenvalue weighted by Crippen LogP contribution is -2.09. The fraction of sp³-hybridized carbons (Fsp3) is 0.154. The summed E-state index contributed by atoms with van der Waals surface area (Å²) in [5.74, 6) is -1.13. The zero-order valence-corrected chi connectivity index (χ0v) is 11.5. The van der Waals surface area contributed by atoms with Gasteiger partial charge in [0.15, 0.2) is 0 Å². The molecule has 2 rings (SSSR count). The van der Waals surface area contributed by atoms with Gasteiger partial charge in [-0.05, 0) is 24.3 Å². The first-order chi connectivity index (χ1) is 9.51. The molecule has 104 valence electrons. The summed E-state index contributed by atoms with van der Waals surface area (Å²) in [6.45, 7) is 0. The van der Waals surface area contributed by atoms with Crippen molar-refractivity contribution in [3.8, 4) is 5.88 Å². The number of carbonyl (C=O) groups excluding carboxylic acids is 2. The molecule has 0 bridgehead atoms. The number of carbonyl (C=O) groups is 2. The van der Waals surface area contributed by atoms with Gasteiger partial charge in [0, 0.05) is 18.1 Å². The van der Waals surface area contributed by atoms with Crippen molar-refractivity contribution < 1.29 is 19.1 Å². The molecule has 0 amide bonds. The quantitative estimate of drug-likeness (QED) is 0.811. The third-order valence-corrected chi connectivity index (χ3v) is 2.78. The molecule has 0 aliphatic carbocycles. The summed E-state index contributed by atoms with van der Waals surface area (Å²) in [6.07, 6.45) is 0. The Bertz CT molecular complexity index is 649. The monoisotopic (exact) mass is 294 g/mol. The van der Waals surface area contributed by atoms with E-state index in [-0.39, 0.29) is 11.6 Å². The van der Waals surface area contributed by atoms with Gasteiger partial charge in [-0.2, -0.15) is 0 Å². The van der Waals surface area contributed by atoms with Gasteiger partial charge in [0.1, 0.15) is 5.69 Å². The highest BCUT2D eigenvalue weighted by Crippen LogP contribution is 2.15. The van der Waals surface area contributed by atoms with Crippen LogP contribution in [0, 0.1) is 0 Å². The van der Waals surface area contributed by atoms with Crippen LogP contribution in [0.3, 0.4) is 0 Å². The number of hydrogen-bond acceptors (Lipinski definition) is 5. The third-order valence-electron chi connectivity index (χ3n) is 2.53. The van der Waals surface area contributed by atoms with E-state index in [1.54, 1.807) is 19.2 Å². The normalized spacial score (nSPS) is 10.2. The predicted octanol–water partition coefficient (Wildman–Crippen LogP) is 2.08. The second-order valence-corrected chi connectivity index (χ2v) is 4.32. The highest BCUT2D eigenvalue weighted by molar-refractivity contribution is 6.30. The minimum absolute atomic E-state index is 0.0212. The molecule has 0 N–H and O–H groups in total. The maximum atomic E-state index is 11.9. The number of methoxy groups -OCH3 is 1. The van der Waals surface area contributed by atoms with Crippen LogP contribution in [0.2, 0.25) is 5.02 Å². The average molecular weight is 295 g/mol. The fourth-order valence-corrected chi connectivity index (χ4v) is 1.65. The van der Waals surface area contributed by atoms with Crippen molar-refractivity contribution in [2.75, 3.05) is 7.11 Å². The topological polar surface area (TPSA) is 70.4 Å². The second-order valence-electron chi connectivity index (χ2n) is 3.88. The molecule has 0 atom stereocenters. The maximum absolute atomic E-state index is 11.9. The summed E-state index contributed by atoms with van der Waals surface area (Å²) in [5, 5.41) is 4.43. The van der Waals surface area contributed by atoms with Gasteiger partial charge in [-0.1, -0.05) is 11.6 Å². The lowest BCUT2D eigenvalue weighted by atomic mass is 10.2. The van der Waals surface area contributed by atoms with Gasteiger partial charge < -0.3 is 9.47 Å². The Morgan fingerprint density at radius 2 is 1.85 bits per heavy atom. The molecule has 1 aromatic carbocycles. The van der Waals surface area contributed by atoms with Crippen molar-refractivity contribution >= 4 is 23.5 Å². The Hall–Kier alpha value is -2.34. The van der Waals surface area contributed by atoms with E-state index in [0.717, 1.165) is 0 Å². The van der Waals surface area contributed by atoms with Crippen LogP contribution in [0.25, 0.3) is 0 Å². The van der Waals surface area contributed by atoms with E-state index in [2.05, 4.69) is 9.84 Å². The third kappa shape index (κ3) is 2.97. The van der Waals surface area contributed by atoms with Crippen molar-refractivity contribution in [2.45, 2.75) is 0 Å². The van der Waals surface area contributed by atoms with Crippen LogP contribution in [0.4, 0.5) is 0 Å². The number of nitrogens with zero attached hydrogens (tertiary/aromatic N) is 2. The summed E-state index contributed by atoms with van der Waals surface area (Å²) in [4.78, 5) is 23.3. The molecule has 20 heavy (non-hydrogen) atoms. The van der Waals surface area contributed by atoms with E-state index in [0.29, 0.717) is 10.6 Å². The van der Waals surface area contributed by atoms with Crippen molar-refractivity contribution in [1.29, 1.82) is 0 Å². The Labute approximate surface area is 119 Å². The minimum atomic E-state index is -0.587. The van der Waals surface area contributed by atoms with Crippen LogP contribution < -0.4 is 4.74 Å². The summed E-state index contributed by atoms with van der Waals surface area (Å²) < 4.78 is 10.9. The summed E-state index contributed by atoms with van der Waals surface area (Å²) >= 11 is 5.73. The Morgan fingerprint density at radius 3 is 2.45 bits per heavy atom. The molecule has 0 saturated carbocycles. The van der Waals surface area contributed by atoms with Gasteiger partial charge in [0.05, 0.1) is 12.7 Å². The van der Waals surface area contributed by atoms with Crippen LogP contribution in [0.15, 0.2) is 30.3 Å². The summed E-state index contributed by atoms with van der Waals surface area (Å²) in [5.41, 5.74) is 0.520. The van der Waals surface area contributed by atoms with E-state index >= 15 is 0 Å². The number of ether oxygens (including phenoxy) is 2. The van der Waals surface area contributed by atoms with E-state index in [1.165, 1.54) is 30.0 Å². The lowest BCUT2D eigenvalue weighted by molar-refractivity contribution is 0.0587. The SMILES string of the molecule is COC(=O)c1cc(OC(=O)c2ccc(Cl)cc2)nn1C. The Balaban J connectivity index is 2.16. The van der Waals surface area contributed by atoms with Gasteiger partial charge >= 0.3 is 11.9 Å². The molecule has 7 heteroatoms. The maximum Gasteiger partial charge on any atom is 0.356 e. The van der Waals surface area contributed by atoms with Crippen molar-refractivity contribution in [1.82, 2.24) is 9.78 Å². The number of hydrogen-bond donors (Lipinski definition) is 0. The Morgan fingerprint density at radius 1 is 1.20 bits per heavy atom. The van der Waals surface area contributed by atoms with Crippen LogP contribution in [-0.4, -0.2) is 28.8 Å². The second kappa shape index (κ2) is 5.75. The molecular weight excluding hydrogens is 284 g/mol. The number of halogens is 1. The smallest absolute Gasteiger partial charge is 0.356 e. The Kier molecular flexibility index (Phi) is 4.05. The van der Waals surface area contributed by atoms with Crippen molar-refractivity contribution in [3.05, 3.63) is 46.6 Å². The number of rotatable bonds is 3. The molecule has 0 aliphatic rings. The van der Waals surface area contributed by atoms with Gasteiger partial charge in [0.2, 0.25) is 5.88 Å². The van der Waals surface area contributed by atoms with Crippen LogP contribution in [0.1, 0.15) is 20.8 Å². The average Bonchev–Trinajstić information content (AvgIpc) is 2.79. The highest BCUT2D eigenvalue weighted by Gasteiger charge is 2.17. The largest absolute Gasteiger partial charge is 0.464 e. The molecular formula is C13H11ClN2O4. The van der Waals surface area contributed by atoms with Gasteiger partial charge in [-0.15, -0.1) is 5.10 Å². The summed E-state index contributed by atoms with van der Waals surface area (Å²) in [7, 11) is 2.81. The fourth-order valence-electron chi connectivity index (χ4n) is 1.53. The first-order valence-electron chi connectivity index (χ1n) is 5.61. The number of aromatic nitrogens is 2. The van der Waals surface area contributed by atoms with E-state index < -0.39 is 11.9 Å². The van der Waals surface area contributed by atoms with E-state index in [4.69, 9.17) is 16.3 Å². The molecule has 0 spiro atoms. The predicted molar refractivity (Wildman–Crippen MR) is 71.0 cm³/mol. The molecule has 1 heterocycles. The molecule has 6 nitrogen and oxygen atoms in total. The van der Waals surface area contributed by atoms with Gasteiger partial charge in [-0.3, -0.25) is 4.68 Å². The lowest BCUT2D eigenvalue weighted by Gasteiger charge is -2.00. The van der Waals surface area contributed by atoms with Crippen LogP contribution in [-0.2, 0) is 11.8 Å². The first-order valence-corrected chi connectivity index (χ1v) is 5.99. The molecule has 2 aromatic rings. The van der Waals surface area contributed by atoms with Crippen LogP contribution >= 0.6 is 11.6 Å². The minimum Gasteiger partial charge on any atom is -0.464 e. The molecule has 1 aromatic heterocycles.